The van der Waals surface area contributed by atoms with Crippen LogP contribution in [0, 0.1) is 0 Å². The second-order valence-corrected chi connectivity index (χ2v) is 8.89. The fourth-order valence-electron chi connectivity index (χ4n) is 3.78. The first-order valence-electron chi connectivity index (χ1n) is 10.8. The summed E-state index contributed by atoms with van der Waals surface area (Å²) in [5.41, 5.74) is 1.08. The van der Waals surface area contributed by atoms with Crippen LogP contribution in [0.5, 0.6) is 5.75 Å². The van der Waals surface area contributed by atoms with Crippen LogP contribution in [-0.4, -0.2) is 54.7 Å². The van der Waals surface area contributed by atoms with E-state index in [2.05, 4.69) is 9.97 Å². The lowest BCUT2D eigenvalue weighted by atomic mass is 9.96. The highest BCUT2D eigenvalue weighted by Gasteiger charge is 2.29. The molecule has 0 amide bonds. The summed E-state index contributed by atoms with van der Waals surface area (Å²) in [5, 5.41) is 0.340. The van der Waals surface area contributed by atoms with E-state index in [1.54, 1.807) is 6.92 Å². The third kappa shape index (κ3) is 7.22. The number of ether oxygens (including phenoxy) is 1. The van der Waals surface area contributed by atoms with E-state index in [0.717, 1.165) is 17.7 Å². The maximum absolute atomic E-state index is 12.5. The van der Waals surface area contributed by atoms with Crippen molar-refractivity contribution < 1.29 is 22.7 Å². The van der Waals surface area contributed by atoms with Gasteiger partial charge in [0.1, 0.15) is 22.7 Å². The standard InChI is InChI=1S/C23H28ClF3N4O2/c1-15(12-16(2)32)17-4-6-18(7-5-17)33-19-8-10-31(14-19)21-20(24)13-28-22(29-21)30(3)11-9-23(25,26)27/h4-7,13,15,19H,8-12,14H2,1-3H3/t15-,19-/m1/s1. The molecule has 1 aromatic carbocycles. The fraction of sp³-hybridized carbons (Fsp3) is 0.522. The molecule has 180 valence electrons. The van der Waals surface area contributed by atoms with Gasteiger partial charge in [-0.05, 0) is 30.5 Å². The Labute approximate surface area is 196 Å². The number of halogens is 4. The van der Waals surface area contributed by atoms with Crippen molar-refractivity contribution in [1.29, 1.82) is 0 Å². The van der Waals surface area contributed by atoms with Crippen molar-refractivity contribution in [3.05, 3.63) is 41.0 Å². The molecule has 10 heteroatoms. The quantitative estimate of drug-likeness (QED) is 0.484. The normalized spacial score (nSPS) is 17.2. The molecule has 1 aromatic heterocycles. The van der Waals surface area contributed by atoms with Crippen LogP contribution >= 0.6 is 11.6 Å². The van der Waals surface area contributed by atoms with Crippen molar-refractivity contribution in [3.8, 4) is 5.75 Å². The minimum absolute atomic E-state index is 0.0806. The number of carbonyl (C=O) groups excluding carboxylic acids is 1. The molecule has 0 N–H and O–H groups in total. The third-order valence-electron chi connectivity index (χ3n) is 5.58. The first-order chi connectivity index (χ1) is 15.5. The highest BCUT2D eigenvalue weighted by molar-refractivity contribution is 6.32. The molecule has 0 saturated carbocycles. The number of aromatic nitrogens is 2. The molecule has 0 radical (unpaired) electrons. The molecular formula is C23H28ClF3N4O2. The summed E-state index contributed by atoms with van der Waals surface area (Å²) in [6.07, 6.45) is -2.60. The van der Waals surface area contributed by atoms with Gasteiger partial charge in [0.15, 0.2) is 5.82 Å². The Balaban J connectivity index is 1.61. The van der Waals surface area contributed by atoms with E-state index >= 15 is 0 Å². The van der Waals surface area contributed by atoms with Crippen molar-refractivity contribution in [3.63, 3.8) is 0 Å². The van der Waals surface area contributed by atoms with E-state index in [9.17, 15) is 18.0 Å². The first-order valence-corrected chi connectivity index (χ1v) is 11.2. The van der Waals surface area contributed by atoms with Gasteiger partial charge in [-0.3, -0.25) is 0 Å². The monoisotopic (exact) mass is 484 g/mol. The molecule has 1 aliphatic rings. The minimum atomic E-state index is -4.24. The summed E-state index contributed by atoms with van der Waals surface area (Å²) < 4.78 is 43.7. The Morgan fingerprint density at radius 3 is 2.67 bits per heavy atom. The van der Waals surface area contributed by atoms with Crippen LogP contribution in [-0.2, 0) is 4.79 Å². The molecule has 0 spiro atoms. The van der Waals surface area contributed by atoms with Crippen LogP contribution in [0.4, 0.5) is 24.9 Å². The van der Waals surface area contributed by atoms with Crippen LogP contribution < -0.4 is 14.5 Å². The lowest BCUT2D eigenvalue weighted by molar-refractivity contribution is -0.132. The molecular weight excluding hydrogens is 457 g/mol. The lowest BCUT2D eigenvalue weighted by Gasteiger charge is -2.22. The second kappa shape index (κ2) is 10.6. The SMILES string of the molecule is CC(=O)C[C@@H](C)c1ccc(O[C@@H]2CCN(c3nc(N(C)CCC(F)(F)F)ncc3Cl)C2)cc1. The predicted octanol–water partition coefficient (Wildman–Crippen LogP) is 5.26. The molecule has 2 atom stereocenters. The average molecular weight is 485 g/mol. The number of rotatable bonds is 9. The number of nitrogens with zero attached hydrogens (tertiary/aromatic N) is 4. The van der Waals surface area contributed by atoms with Gasteiger partial charge >= 0.3 is 6.18 Å². The number of anilines is 2. The zero-order valence-electron chi connectivity index (χ0n) is 18.9. The van der Waals surface area contributed by atoms with Crippen molar-refractivity contribution >= 4 is 29.2 Å². The summed E-state index contributed by atoms with van der Waals surface area (Å²) in [7, 11) is 1.52. The van der Waals surface area contributed by atoms with E-state index in [0.29, 0.717) is 30.4 Å². The van der Waals surface area contributed by atoms with Crippen molar-refractivity contribution in [2.24, 2.45) is 0 Å². The summed E-state index contributed by atoms with van der Waals surface area (Å²) in [5.74, 6) is 1.73. The second-order valence-electron chi connectivity index (χ2n) is 8.48. The zero-order chi connectivity index (χ0) is 24.2. The van der Waals surface area contributed by atoms with Crippen LogP contribution in [0.3, 0.4) is 0 Å². The van der Waals surface area contributed by atoms with Gasteiger partial charge in [0.2, 0.25) is 5.95 Å². The van der Waals surface area contributed by atoms with Gasteiger partial charge in [-0.15, -0.1) is 0 Å². The Kier molecular flexibility index (Phi) is 8.05. The van der Waals surface area contributed by atoms with Crippen LogP contribution in [0.25, 0.3) is 0 Å². The summed E-state index contributed by atoms with van der Waals surface area (Å²) in [6.45, 7) is 4.57. The lowest BCUT2D eigenvalue weighted by Crippen LogP contribution is -2.28. The minimum Gasteiger partial charge on any atom is -0.489 e. The van der Waals surface area contributed by atoms with Gasteiger partial charge in [-0.1, -0.05) is 30.7 Å². The molecule has 2 heterocycles. The highest BCUT2D eigenvalue weighted by atomic mass is 35.5. The number of benzene rings is 1. The first kappa shape index (κ1) is 25.1. The Bertz CT molecular complexity index is 956. The number of alkyl halides is 3. The van der Waals surface area contributed by atoms with Gasteiger partial charge in [0.05, 0.1) is 19.2 Å². The maximum atomic E-state index is 12.5. The molecule has 3 rings (SSSR count). The molecule has 0 unspecified atom stereocenters. The summed E-state index contributed by atoms with van der Waals surface area (Å²) in [6, 6.07) is 7.75. The van der Waals surface area contributed by atoms with E-state index < -0.39 is 12.6 Å². The van der Waals surface area contributed by atoms with Crippen LogP contribution in [0.2, 0.25) is 5.02 Å². The van der Waals surface area contributed by atoms with E-state index in [1.165, 1.54) is 18.1 Å². The van der Waals surface area contributed by atoms with Gasteiger partial charge in [-0.25, -0.2) is 4.98 Å². The Morgan fingerprint density at radius 1 is 1.33 bits per heavy atom. The molecule has 6 nitrogen and oxygen atoms in total. The van der Waals surface area contributed by atoms with E-state index in [1.807, 2.05) is 36.1 Å². The van der Waals surface area contributed by atoms with Gasteiger partial charge in [-0.2, -0.15) is 18.2 Å². The predicted molar refractivity (Wildman–Crippen MR) is 122 cm³/mol. The van der Waals surface area contributed by atoms with Crippen molar-refractivity contribution in [2.45, 2.75) is 51.3 Å². The fourth-order valence-corrected chi connectivity index (χ4v) is 3.99. The zero-order valence-corrected chi connectivity index (χ0v) is 19.7. The van der Waals surface area contributed by atoms with Crippen molar-refractivity contribution in [1.82, 2.24) is 9.97 Å². The molecule has 1 aliphatic heterocycles. The number of Topliss-reactive ketones (excluding diaryl/α,β-unsaturated/α-hetero) is 1. The Morgan fingerprint density at radius 2 is 2.03 bits per heavy atom. The topological polar surface area (TPSA) is 58.6 Å². The molecule has 0 aliphatic carbocycles. The van der Waals surface area contributed by atoms with Crippen LogP contribution in [0.1, 0.15) is 44.6 Å². The van der Waals surface area contributed by atoms with Crippen LogP contribution in [0.15, 0.2) is 30.5 Å². The van der Waals surface area contributed by atoms with Gasteiger partial charge in [0, 0.05) is 33.0 Å². The maximum Gasteiger partial charge on any atom is 0.390 e. The Hall–Kier alpha value is -2.55. The molecule has 2 aromatic rings. The average Bonchev–Trinajstić information content (AvgIpc) is 3.20. The van der Waals surface area contributed by atoms with Crippen molar-refractivity contribution in [2.75, 3.05) is 36.5 Å². The third-order valence-corrected chi connectivity index (χ3v) is 5.84. The van der Waals surface area contributed by atoms with Gasteiger partial charge in [0.25, 0.3) is 0 Å². The molecule has 1 fully saturated rings. The summed E-state index contributed by atoms with van der Waals surface area (Å²) >= 11 is 6.29. The largest absolute Gasteiger partial charge is 0.489 e. The molecule has 0 bridgehead atoms. The summed E-state index contributed by atoms with van der Waals surface area (Å²) in [4.78, 5) is 23.1. The number of ketones is 1. The smallest absolute Gasteiger partial charge is 0.390 e. The molecule has 1 saturated heterocycles. The number of carbonyl (C=O) groups is 1. The van der Waals surface area contributed by atoms with Gasteiger partial charge < -0.3 is 19.3 Å². The number of hydrogen-bond donors (Lipinski definition) is 0. The van der Waals surface area contributed by atoms with E-state index in [4.69, 9.17) is 16.3 Å². The molecule has 33 heavy (non-hydrogen) atoms. The number of hydrogen-bond acceptors (Lipinski definition) is 6. The highest BCUT2D eigenvalue weighted by Crippen LogP contribution is 2.30. The van der Waals surface area contributed by atoms with E-state index in [-0.39, 0.29) is 30.3 Å².